The molecule has 0 saturated carbocycles. The lowest BCUT2D eigenvalue weighted by Gasteiger charge is -2.16. The molecule has 1 aromatic heterocycles. The molecule has 1 atom stereocenters. The number of nitro groups is 1. The second kappa shape index (κ2) is 11.0. The number of hydrogen-bond acceptors (Lipinski definition) is 6. The smallest absolute Gasteiger partial charge is 0.220 e. The zero-order valence-electron chi connectivity index (χ0n) is 19.6. The first-order valence-electron chi connectivity index (χ1n) is 11.1. The highest BCUT2D eigenvalue weighted by molar-refractivity contribution is 9.10. The molecule has 4 aromatic rings. The molecule has 0 unspecified atom stereocenters. The number of aromatic nitrogens is 3. The van der Waals surface area contributed by atoms with Crippen molar-refractivity contribution in [2.75, 3.05) is 6.54 Å². The molecule has 7 nitrogen and oxygen atoms in total. The van der Waals surface area contributed by atoms with Gasteiger partial charge < -0.3 is 4.74 Å². The Kier molecular flexibility index (Phi) is 7.87. The molecule has 35 heavy (non-hydrogen) atoms. The largest absolute Gasteiger partial charge is 0.488 e. The van der Waals surface area contributed by atoms with Crippen LogP contribution in [-0.4, -0.2) is 26.2 Å². The van der Waals surface area contributed by atoms with Gasteiger partial charge in [-0.1, -0.05) is 59.8 Å². The Morgan fingerprint density at radius 3 is 2.49 bits per heavy atom. The van der Waals surface area contributed by atoms with Crippen LogP contribution in [0.4, 0.5) is 0 Å². The second-order valence-electron chi connectivity index (χ2n) is 8.29. The van der Waals surface area contributed by atoms with Gasteiger partial charge in [0.15, 0.2) is 5.16 Å². The Morgan fingerprint density at radius 2 is 1.80 bits per heavy atom. The lowest BCUT2D eigenvalue weighted by Crippen LogP contribution is -2.11. The third-order valence-electron chi connectivity index (χ3n) is 5.46. The number of hydrogen-bond donors (Lipinski definition) is 0. The Labute approximate surface area is 216 Å². The van der Waals surface area contributed by atoms with E-state index in [9.17, 15) is 10.1 Å². The average Bonchev–Trinajstić information content (AvgIpc) is 3.18. The van der Waals surface area contributed by atoms with E-state index in [1.807, 2.05) is 92.1 Å². The summed E-state index contributed by atoms with van der Waals surface area (Å²) in [5.41, 5.74) is 5.10. The summed E-state index contributed by atoms with van der Waals surface area (Å²) in [4.78, 5) is 11.2. The fourth-order valence-corrected chi connectivity index (χ4v) is 5.31. The number of ether oxygens (including phenoxy) is 1. The minimum absolute atomic E-state index is 0.250. The van der Waals surface area contributed by atoms with E-state index in [1.54, 1.807) is 0 Å². The van der Waals surface area contributed by atoms with Gasteiger partial charge in [-0.25, -0.2) is 0 Å². The van der Waals surface area contributed by atoms with Crippen molar-refractivity contribution in [3.05, 3.63) is 109 Å². The molecule has 3 aromatic carbocycles. The first-order valence-corrected chi connectivity index (χ1v) is 12.7. The van der Waals surface area contributed by atoms with Gasteiger partial charge in [-0.2, -0.15) is 0 Å². The summed E-state index contributed by atoms with van der Waals surface area (Å²) < 4.78 is 8.65. The maximum atomic E-state index is 11.5. The second-order valence-corrected chi connectivity index (χ2v) is 10.3. The molecule has 1 heterocycles. The van der Waals surface area contributed by atoms with Crippen LogP contribution >= 0.6 is 27.7 Å². The number of benzene rings is 3. The first kappa shape index (κ1) is 24.9. The van der Waals surface area contributed by atoms with Gasteiger partial charge in [-0.3, -0.25) is 14.7 Å². The van der Waals surface area contributed by atoms with E-state index in [0.29, 0.717) is 17.5 Å². The lowest BCUT2D eigenvalue weighted by molar-refractivity contribution is -0.479. The van der Waals surface area contributed by atoms with E-state index in [-0.39, 0.29) is 11.5 Å². The van der Waals surface area contributed by atoms with Gasteiger partial charge in [0.05, 0.1) is 4.47 Å². The molecule has 4 rings (SSSR count). The van der Waals surface area contributed by atoms with Crippen LogP contribution in [0.15, 0.2) is 76.4 Å². The molecule has 0 fully saturated rings. The van der Waals surface area contributed by atoms with Crippen molar-refractivity contribution in [1.29, 1.82) is 0 Å². The number of aryl methyl sites for hydroxylation is 3. The van der Waals surface area contributed by atoms with Crippen LogP contribution in [0.2, 0.25) is 0 Å². The van der Waals surface area contributed by atoms with Crippen LogP contribution < -0.4 is 4.74 Å². The number of rotatable bonds is 9. The van der Waals surface area contributed by atoms with Crippen LogP contribution in [0.3, 0.4) is 0 Å². The van der Waals surface area contributed by atoms with Crippen LogP contribution in [0.1, 0.15) is 33.3 Å². The van der Waals surface area contributed by atoms with Crippen LogP contribution in [0.25, 0.3) is 5.69 Å². The van der Waals surface area contributed by atoms with E-state index in [1.165, 1.54) is 17.3 Å². The molecule has 9 heteroatoms. The third-order valence-corrected chi connectivity index (χ3v) is 7.26. The van der Waals surface area contributed by atoms with Crippen molar-refractivity contribution in [3.8, 4) is 11.4 Å². The van der Waals surface area contributed by atoms with E-state index in [4.69, 9.17) is 4.74 Å². The predicted octanol–water partition coefficient (Wildman–Crippen LogP) is 6.64. The van der Waals surface area contributed by atoms with Gasteiger partial charge in [0.25, 0.3) is 0 Å². The Hall–Kier alpha value is -3.17. The van der Waals surface area contributed by atoms with Gasteiger partial charge in [0.1, 0.15) is 23.4 Å². The van der Waals surface area contributed by atoms with Crippen LogP contribution in [0, 0.1) is 30.9 Å². The molecule has 0 N–H and O–H groups in total. The van der Waals surface area contributed by atoms with Gasteiger partial charge in [-0.15, -0.1) is 10.2 Å². The predicted molar refractivity (Wildman–Crippen MR) is 141 cm³/mol. The van der Waals surface area contributed by atoms with Gasteiger partial charge in [0, 0.05) is 10.6 Å². The summed E-state index contributed by atoms with van der Waals surface area (Å²) in [6.07, 6.45) is 0. The molecule has 0 aliphatic rings. The number of nitrogens with zero attached hydrogens (tertiary/aromatic N) is 4. The van der Waals surface area contributed by atoms with Gasteiger partial charge in [-0.05, 0) is 77.7 Å². The molecule has 0 aliphatic carbocycles. The monoisotopic (exact) mass is 552 g/mol. The molecule has 0 radical (unpaired) electrons. The summed E-state index contributed by atoms with van der Waals surface area (Å²) >= 11 is 4.91. The SMILES string of the molecule is Cc1ccc(COc2ccc([C@@H](C[N+](=O)[O-])Sc3nnc(C)n3-c3cccc(C)c3)cc2Br)cc1. The highest BCUT2D eigenvalue weighted by Gasteiger charge is 2.24. The van der Waals surface area contributed by atoms with Crippen molar-refractivity contribution >= 4 is 27.7 Å². The molecule has 0 saturated heterocycles. The summed E-state index contributed by atoms with van der Waals surface area (Å²) in [5.74, 6) is 1.40. The fraction of sp³-hybridized carbons (Fsp3) is 0.231. The molecule has 0 amide bonds. The molecular weight excluding hydrogens is 528 g/mol. The quantitative estimate of drug-likeness (QED) is 0.131. The molecule has 180 valence electrons. The minimum Gasteiger partial charge on any atom is -0.488 e. The van der Waals surface area contributed by atoms with Crippen molar-refractivity contribution in [1.82, 2.24) is 14.8 Å². The summed E-state index contributed by atoms with van der Waals surface area (Å²) in [6.45, 7) is 6.12. The average molecular weight is 553 g/mol. The lowest BCUT2D eigenvalue weighted by atomic mass is 10.1. The van der Waals surface area contributed by atoms with Crippen molar-refractivity contribution < 1.29 is 9.66 Å². The van der Waals surface area contributed by atoms with Crippen LogP contribution in [0.5, 0.6) is 5.75 Å². The fourth-order valence-electron chi connectivity index (χ4n) is 3.64. The van der Waals surface area contributed by atoms with E-state index in [2.05, 4.69) is 26.1 Å². The normalized spacial score (nSPS) is 11.9. The van der Waals surface area contributed by atoms with Crippen LogP contribution in [-0.2, 0) is 6.61 Å². The summed E-state index contributed by atoms with van der Waals surface area (Å²) in [5, 5.41) is 20.2. The minimum atomic E-state index is -0.459. The first-order chi connectivity index (χ1) is 16.8. The maximum absolute atomic E-state index is 11.5. The van der Waals surface area contributed by atoms with E-state index < -0.39 is 5.25 Å². The maximum Gasteiger partial charge on any atom is 0.220 e. The van der Waals surface area contributed by atoms with E-state index in [0.717, 1.165) is 32.7 Å². The third kappa shape index (κ3) is 6.29. The Bertz CT molecular complexity index is 1340. The molecule has 0 aliphatic heterocycles. The molecular formula is C26H25BrN4O3S. The van der Waals surface area contributed by atoms with Gasteiger partial charge >= 0.3 is 0 Å². The topological polar surface area (TPSA) is 83.1 Å². The number of halogens is 1. The zero-order chi connectivity index (χ0) is 24.9. The van der Waals surface area contributed by atoms with Crippen molar-refractivity contribution in [2.45, 2.75) is 37.8 Å². The van der Waals surface area contributed by atoms with E-state index >= 15 is 0 Å². The van der Waals surface area contributed by atoms with Crippen molar-refractivity contribution in [2.24, 2.45) is 0 Å². The van der Waals surface area contributed by atoms with Gasteiger partial charge in [0.2, 0.25) is 6.54 Å². The highest BCUT2D eigenvalue weighted by atomic mass is 79.9. The molecule has 0 spiro atoms. The highest BCUT2D eigenvalue weighted by Crippen LogP contribution is 2.39. The standard InChI is InChI=1S/C26H25BrN4O3S/c1-17-7-9-20(10-8-17)16-34-24-12-11-21(14-23(24)27)25(15-30(32)33)35-26-29-28-19(3)31(26)22-6-4-5-18(2)13-22/h4-14,25H,15-16H2,1-3H3/t25-/m1/s1. The zero-order valence-corrected chi connectivity index (χ0v) is 22.0. The molecule has 0 bridgehead atoms. The summed E-state index contributed by atoms with van der Waals surface area (Å²) in [6, 6.07) is 21.8. The Balaban J connectivity index is 1.57. The Morgan fingerprint density at radius 1 is 1.03 bits per heavy atom. The number of thioether (sulfide) groups is 1. The summed E-state index contributed by atoms with van der Waals surface area (Å²) in [7, 11) is 0. The van der Waals surface area contributed by atoms with Crippen molar-refractivity contribution in [3.63, 3.8) is 0 Å².